The molecule has 3 rings (SSSR count). The number of thiocarbonyl (C=S) groups is 1. The van der Waals surface area contributed by atoms with Gasteiger partial charge in [-0.15, -0.1) is 0 Å². The van der Waals surface area contributed by atoms with Crippen LogP contribution < -0.4 is 10.6 Å². The fourth-order valence-corrected chi connectivity index (χ4v) is 2.81. The van der Waals surface area contributed by atoms with Gasteiger partial charge in [0.05, 0.1) is 0 Å². The van der Waals surface area contributed by atoms with Crippen molar-refractivity contribution in [2.45, 2.75) is 19.5 Å². The Labute approximate surface area is 146 Å². The molecule has 24 heavy (non-hydrogen) atoms. The maximum Gasteiger partial charge on any atom is 0.166 e. The summed E-state index contributed by atoms with van der Waals surface area (Å²) in [5.41, 5.74) is 2.26. The first-order valence-corrected chi connectivity index (χ1v) is 8.43. The first kappa shape index (κ1) is 16.5. The largest absolute Gasteiger partial charge is 0.363 e. The lowest BCUT2D eigenvalue weighted by Gasteiger charge is -2.11. The van der Waals surface area contributed by atoms with Crippen LogP contribution in [0, 0.1) is 5.82 Å². The minimum Gasteiger partial charge on any atom is -0.363 e. The van der Waals surface area contributed by atoms with Crippen molar-refractivity contribution >= 4 is 28.2 Å². The summed E-state index contributed by atoms with van der Waals surface area (Å²) in [5.74, 6) is -0.225. The number of fused-ring (bicyclic) bond motifs is 1. The summed E-state index contributed by atoms with van der Waals surface area (Å²) in [5, 5.41) is 8.23. The number of rotatable bonds is 6. The van der Waals surface area contributed by atoms with Gasteiger partial charge in [0.25, 0.3) is 0 Å². The molecule has 5 heteroatoms. The molecule has 2 N–H and O–H groups in total. The van der Waals surface area contributed by atoms with Gasteiger partial charge in [-0.2, -0.15) is 0 Å². The van der Waals surface area contributed by atoms with Gasteiger partial charge < -0.3 is 15.2 Å². The van der Waals surface area contributed by atoms with Crippen molar-refractivity contribution in [2.24, 2.45) is 0 Å². The van der Waals surface area contributed by atoms with Crippen LogP contribution in [0.5, 0.6) is 0 Å². The molecule has 124 valence electrons. The van der Waals surface area contributed by atoms with Crippen molar-refractivity contribution in [3.05, 3.63) is 72.2 Å². The van der Waals surface area contributed by atoms with Crippen molar-refractivity contribution in [1.29, 1.82) is 0 Å². The fraction of sp³-hybridized carbons (Fsp3) is 0.211. The Morgan fingerprint density at radius 3 is 2.62 bits per heavy atom. The third kappa shape index (κ3) is 4.32. The molecule has 1 heterocycles. The Hall–Kier alpha value is -2.40. The second kappa shape index (κ2) is 7.93. The molecule has 0 spiro atoms. The molecule has 2 aromatic carbocycles. The second-order valence-electron chi connectivity index (χ2n) is 5.66. The molecule has 0 unspecified atom stereocenters. The van der Waals surface area contributed by atoms with Gasteiger partial charge in [0.2, 0.25) is 0 Å². The maximum atomic E-state index is 12.8. The fourth-order valence-electron chi connectivity index (χ4n) is 2.63. The van der Waals surface area contributed by atoms with Crippen LogP contribution in [-0.2, 0) is 13.1 Å². The van der Waals surface area contributed by atoms with Gasteiger partial charge in [-0.3, -0.25) is 0 Å². The Kier molecular flexibility index (Phi) is 5.43. The van der Waals surface area contributed by atoms with Crippen LogP contribution in [-0.4, -0.2) is 16.2 Å². The average molecular weight is 341 g/mol. The van der Waals surface area contributed by atoms with E-state index >= 15 is 0 Å². The minimum atomic E-state index is -0.225. The molecule has 0 aliphatic carbocycles. The van der Waals surface area contributed by atoms with Gasteiger partial charge in [-0.1, -0.05) is 30.3 Å². The van der Waals surface area contributed by atoms with E-state index in [1.54, 1.807) is 12.1 Å². The zero-order valence-corrected chi connectivity index (χ0v) is 14.2. The van der Waals surface area contributed by atoms with E-state index in [1.807, 2.05) is 0 Å². The van der Waals surface area contributed by atoms with E-state index in [4.69, 9.17) is 12.2 Å². The second-order valence-corrected chi connectivity index (χ2v) is 6.07. The van der Waals surface area contributed by atoms with E-state index in [-0.39, 0.29) is 5.82 Å². The van der Waals surface area contributed by atoms with Crippen molar-refractivity contribution in [3.8, 4) is 0 Å². The zero-order valence-electron chi connectivity index (χ0n) is 13.3. The minimum absolute atomic E-state index is 0.225. The number of benzene rings is 2. The van der Waals surface area contributed by atoms with Crippen LogP contribution in [0.4, 0.5) is 4.39 Å². The van der Waals surface area contributed by atoms with Crippen molar-refractivity contribution in [2.75, 3.05) is 6.54 Å². The predicted molar refractivity (Wildman–Crippen MR) is 100 cm³/mol. The predicted octanol–water partition coefficient (Wildman–Crippen LogP) is 3.83. The topological polar surface area (TPSA) is 29.0 Å². The van der Waals surface area contributed by atoms with Crippen molar-refractivity contribution in [1.82, 2.24) is 15.2 Å². The smallest absolute Gasteiger partial charge is 0.166 e. The van der Waals surface area contributed by atoms with Gasteiger partial charge in [0, 0.05) is 31.3 Å². The van der Waals surface area contributed by atoms with E-state index in [1.165, 1.54) is 23.0 Å². The summed E-state index contributed by atoms with van der Waals surface area (Å²) >= 11 is 5.27. The third-order valence-electron chi connectivity index (χ3n) is 3.91. The van der Waals surface area contributed by atoms with E-state index in [0.717, 1.165) is 25.1 Å². The monoisotopic (exact) mass is 341 g/mol. The van der Waals surface area contributed by atoms with E-state index in [9.17, 15) is 4.39 Å². The first-order chi connectivity index (χ1) is 11.7. The van der Waals surface area contributed by atoms with Crippen molar-refractivity contribution < 1.29 is 4.39 Å². The SMILES string of the molecule is Fc1ccc(CNC(=S)NCCCn2ccc3ccccc32)cc1. The maximum absolute atomic E-state index is 12.8. The number of para-hydroxylation sites is 1. The molecule has 0 saturated carbocycles. The Bertz CT molecular complexity index is 811. The highest BCUT2D eigenvalue weighted by molar-refractivity contribution is 7.80. The van der Waals surface area contributed by atoms with E-state index in [2.05, 4.69) is 51.7 Å². The number of halogens is 1. The van der Waals surface area contributed by atoms with E-state index < -0.39 is 0 Å². The summed E-state index contributed by atoms with van der Waals surface area (Å²) in [6.07, 6.45) is 3.10. The number of aryl methyl sites for hydroxylation is 1. The lowest BCUT2D eigenvalue weighted by atomic mass is 10.2. The molecule has 0 bridgehead atoms. The standard InChI is InChI=1S/C19H20FN3S/c20-17-8-6-15(7-9-17)14-22-19(24)21-11-3-12-23-13-10-16-4-1-2-5-18(16)23/h1-2,4-10,13H,3,11-12,14H2,(H2,21,22,24). The quantitative estimate of drug-likeness (QED) is 0.527. The molecule has 1 aromatic heterocycles. The molecule has 0 atom stereocenters. The number of hydrogen-bond acceptors (Lipinski definition) is 1. The average Bonchev–Trinajstić information content (AvgIpc) is 3.01. The molecular formula is C19H20FN3S. The zero-order chi connectivity index (χ0) is 16.8. The van der Waals surface area contributed by atoms with Crippen molar-refractivity contribution in [3.63, 3.8) is 0 Å². The van der Waals surface area contributed by atoms with Gasteiger partial charge in [-0.25, -0.2) is 4.39 Å². The number of hydrogen-bond donors (Lipinski definition) is 2. The highest BCUT2D eigenvalue weighted by atomic mass is 32.1. The number of nitrogens with one attached hydrogen (secondary N) is 2. The molecule has 0 fully saturated rings. The Morgan fingerprint density at radius 1 is 1.00 bits per heavy atom. The third-order valence-corrected chi connectivity index (χ3v) is 4.20. The van der Waals surface area contributed by atoms with Gasteiger partial charge in [0.15, 0.2) is 5.11 Å². The van der Waals surface area contributed by atoms with E-state index in [0.29, 0.717) is 11.7 Å². The lowest BCUT2D eigenvalue weighted by Crippen LogP contribution is -2.35. The van der Waals surface area contributed by atoms with Gasteiger partial charge in [0.1, 0.15) is 5.82 Å². The Morgan fingerprint density at radius 2 is 1.79 bits per heavy atom. The molecule has 3 nitrogen and oxygen atoms in total. The highest BCUT2D eigenvalue weighted by Crippen LogP contribution is 2.15. The van der Waals surface area contributed by atoms with Crippen LogP contribution in [0.15, 0.2) is 60.8 Å². The van der Waals surface area contributed by atoms with Crippen LogP contribution >= 0.6 is 12.2 Å². The molecule has 3 aromatic rings. The van der Waals surface area contributed by atoms with Gasteiger partial charge in [-0.05, 0) is 53.9 Å². The molecular weight excluding hydrogens is 321 g/mol. The number of nitrogens with zero attached hydrogens (tertiary/aromatic N) is 1. The molecule has 0 aliphatic rings. The van der Waals surface area contributed by atoms with Gasteiger partial charge >= 0.3 is 0 Å². The number of aromatic nitrogens is 1. The summed E-state index contributed by atoms with van der Waals surface area (Å²) in [7, 11) is 0. The molecule has 0 radical (unpaired) electrons. The summed E-state index contributed by atoms with van der Waals surface area (Å²) in [6, 6.07) is 16.9. The van der Waals surface area contributed by atoms with Crippen LogP contribution in [0.2, 0.25) is 0 Å². The molecule has 0 amide bonds. The normalized spacial score (nSPS) is 10.7. The highest BCUT2D eigenvalue weighted by Gasteiger charge is 2.00. The summed E-state index contributed by atoms with van der Waals surface area (Å²) < 4.78 is 15.1. The van der Waals surface area contributed by atoms with Crippen LogP contribution in [0.3, 0.4) is 0 Å². The first-order valence-electron chi connectivity index (χ1n) is 8.02. The lowest BCUT2D eigenvalue weighted by molar-refractivity contribution is 0.626. The molecule has 0 saturated heterocycles. The Balaban J connectivity index is 1.38. The van der Waals surface area contributed by atoms with Crippen LogP contribution in [0.25, 0.3) is 10.9 Å². The summed E-state index contributed by atoms with van der Waals surface area (Å²) in [6.45, 7) is 2.34. The van der Waals surface area contributed by atoms with Crippen LogP contribution in [0.1, 0.15) is 12.0 Å². The molecule has 0 aliphatic heterocycles. The summed E-state index contributed by atoms with van der Waals surface area (Å²) in [4.78, 5) is 0.